The van der Waals surface area contributed by atoms with E-state index in [1.165, 1.54) is 38.8 Å². The van der Waals surface area contributed by atoms with Crippen LogP contribution in [0.4, 0.5) is 0 Å². The summed E-state index contributed by atoms with van der Waals surface area (Å²) in [5, 5.41) is 3.49. The summed E-state index contributed by atoms with van der Waals surface area (Å²) >= 11 is 0. The highest BCUT2D eigenvalue weighted by Crippen LogP contribution is 2.24. The molecule has 2 saturated heterocycles. The first-order chi connectivity index (χ1) is 9.54. The number of likely N-dealkylation sites (tertiary alicyclic amines) is 1. The van der Waals surface area contributed by atoms with Gasteiger partial charge in [-0.25, -0.2) is 0 Å². The minimum atomic E-state index is 0.428. The number of rotatable bonds is 7. The molecule has 118 valence electrons. The van der Waals surface area contributed by atoms with E-state index >= 15 is 0 Å². The van der Waals surface area contributed by atoms with E-state index in [2.05, 4.69) is 43.1 Å². The first-order valence-corrected chi connectivity index (χ1v) is 8.32. The molecule has 0 spiro atoms. The Hall–Kier alpha value is -0.160. The topological polar surface area (TPSA) is 27.7 Å². The molecule has 0 radical (unpaired) electrons. The molecule has 0 aliphatic carbocycles. The molecule has 0 aromatic rings. The van der Waals surface area contributed by atoms with Crippen LogP contribution in [-0.4, -0.2) is 74.4 Å². The molecule has 0 aromatic heterocycles. The van der Waals surface area contributed by atoms with E-state index in [0.717, 1.165) is 19.1 Å². The van der Waals surface area contributed by atoms with Crippen LogP contribution in [0, 0.1) is 0 Å². The van der Waals surface area contributed by atoms with Crippen LogP contribution in [-0.2, 0) is 4.74 Å². The third-order valence-electron chi connectivity index (χ3n) is 4.46. The van der Waals surface area contributed by atoms with Gasteiger partial charge in [-0.2, -0.15) is 0 Å². The molecule has 0 aromatic carbocycles. The number of likely N-dealkylation sites (N-methyl/N-ethyl adjacent to an activating group) is 1. The van der Waals surface area contributed by atoms with Crippen molar-refractivity contribution in [2.24, 2.45) is 0 Å². The highest BCUT2D eigenvalue weighted by molar-refractivity contribution is 4.85. The van der Waals surface area contributed by atoms with E-state index in [4.69, 9.17) is 4.74 Å². The first kappa shape index (κ1) is 16.2. The lowest BCUT2D eigenvalue weighted by Crippen LogP contribution is -2.41. The van der Waals surface area contributed by atoms with E-state index in [9.17, 15) is 0 Å². The van der Waals surface area contributed by atoms with Crippen LogP contribution in [0.1, 0.15) is 39.5 Å². The Morgan fingerprint density at radius 3 is 2.65 bits per heavy atom. The van der Waals surface area contributed by atoms with E-state index in [0.29, 0.717) is 18.2 Å². The fourth-order valence-electron chi connectivity index (χ4n) is 3.46. The predicted molar refractivity (Wildman–Crippen MR) is 84.2 cm³/mol. The number of hydrogen-bond donors (Lipinski definition) is 1. The molecule has 3 atom stereocenters. The fourth-order valence-corrected chi connectivity index (χ4v) is 3.46. The molecule has 2 fully saturated rings. The van der Waals surface area contributed by atoms with Crippen LogP contribution in [0.15, 0.2) is 0 Å². The molecule has 4 heteroatoms. The van der Waals surface area contributed by atoms with Crippen molar-refractivity contribution in [2.45, 2.75) is 63.8 Å². The van der Waals surface area contributed by atoms with E-state index in [1.807, 2.05) is 0 Å². The van der Waals surface area contributed by atoms with Gasteiger partial charge in [-0.05, 0) is 46.3 Å². The molecule has 2 aliphatic heterocycles. The van der Waals surface area contributed by atoms with Crippen molar-refractivity contribution in [3.05, 3.63) is 0 Å². The summed E-state index contributed by atoms with van der Waals surface area (Å²) in [5.41, 5.74) is 0. The molecule has 1 N–H and O–H groups in total. The molecule has 4 nitrogen and oxygen atoms in total. The molecular formula is C16H33N3O. The highest BCUT2D eigenvalue weighted by atomic mass is 16.5. The van der Waals surface area contributed by atoms with Crippen molar-refractivity contribution in [3.63, 3.8) is 0 Å². The van der Waals surface area contributed by atoms with Crippen molar-refractivity contribution < 1.29 is 4.74 Å². The van der Waals surface area contributed by atoms with Crippen LogP contribution >= 0.6 is 0 Å². The van der Waals surface area contributed by atoms with Gasteiger partial charge in [0.1, 0.15) is 0 Å². The zero-order valence-corrected chi connectivity index (χ0v) is 13.8. The summed E-state index contributed by atoms with van der Waals surface area (Å²) in [6.45, 7) is 8.98. The van der Waals surface area contributed by atoms with Crippen LogP contribution in [0.3, 0.4) is 0 Å². The Morgan fingerprint density at radius 2 is 1.95 bits per heavy atom. The average molecular weight is 283 g/mol. The van der Waals surface area contributed by atoms with Crippen molar-refractivity contribution in [1.82, 2.24) is 15.1 Å². The van der Waals surface area contributed by atoms with Crippen LogP contribution < -0.4 is 5.32 Å². The summed E-state index contributed by atoms with van der Waals surface area (Å²) in [4.78, 5) is 4.97. The maximum absolute atomic E-state index is 6.21. The lowest BCUT2D eigenvalue weighted by Gasteiger charge is -2.29. The summed E-state index contributed by atoms with van der Waals surface area (Å²) in [6, 6.07) is 1.29. The van der Waals surface area contributed by atoms with Crippen LogP contribution in [0.2, 0.25) is 0 Å². The summed E-state index contributed by atoms with van der Waals surface area (Å²) < 4.78 is 6.21. The smallest absolute Gasteiger partial charge is 0.0707 e. The number of nitrogens with one attached hydrogen (secondary N) is 1. The molecule has 2 aliphatic rings. The molecule has 0 bridgehead atoms. The second-order valence-corrected chi connectivity index (χ2v) is 7.07. The second kappa shape index (κ2) is 7.74. The largest absolute Gasteiger partial charge is 0.372 e. The Bertz CT molecular complexity index is 283. The van der Waals surface area contributed by atoms with Gasteiger partial charge < -0.3 is 15.0 Å². The minimum Gasteiger partial charge on any atom is -0.372 e. The van der Waals surface area contributed by atoms with E-state index in [1.54, 1.807) is 0 Å². The van der Waals surface area contributed by atoms with Gasteiger partial charge in [-0.3, -0.25) is 4.90 Å². The molecule has 3 unspecified atom stereocenters. The highest BCUT2D eigenvalue weighted by Gasteiger charge is 2.31. The predicted octanol–water partition coefficient (Wildman–Crippen LogP) is 1.56. The molecule has 2 heterocycles. The fraction of sp³-hybridized carbons (Fsp3) is 1.00. The van der Waals surface area contributed by atoms with Crippen molar-refractivity contribution >= 4 is 0 Å². The third-order valence-corrected chi connectivity index (χ3v) is 4.46. The Kier molecular flexibility index (Phi) is 6.27. The number of nitrogens with zero attached hydrogens (tertiary/aromatic N) is 2. The normalized spacial score (nSPS) is 31.8. The van der Waals surface area contributed by atoms with Gasteiger partial charge in [0.2, 0.25) is 0 Å². The average Bonchev–Trinajstić information content (AvgIpc) is 2.97. The van der Waals surface area contributed by atoms with Crippen molar-refractivity contribution in [2.75, 3.05) is 40.3 Å². The van der Waals surface area contributed by atoms with Crippen molar-refractivity contribution in [3.8, 4) is 0 Å². The Morgan fingerprint density at radius 1 is 1.20 bits per heavy atom. The van der Waals surface area contributed by atoms with Crippen molar-refractivity contribution in [1.29, 1.82) is 0 Å². The zero-order valence-electron chi connectivity index (χ0n) is 13.8. The third kappa shape index (κ3) is 4.99. The summed E-state index contributed by atoms with van der Waals surface area (Å²) in [5.74, 6) is 0. The standard InChI is InChI=1S/C16H33N3O/c1-13(2)17-10-15-7-8-16(20-15)12-19-9-5-6-14(19)11-18(3)4/h13-17H,5-12H2,1-4H3. The van der Waals surface area contributed by atoms with Crippen LogP contribution in [0.5, 0.6) is 0 Å². The number of ether oxygens (including phenoxy) is 1. The second-order valence-electron chi connectivity index (χ2n) is 7.07. The minimum absolute atomic E-state index is 0.428. The van der Waals surface area contributed by atoms with Gasteiger partial charge in [-0.15, -0.1) is 0 Å². The molecule has 0 saturated carbocycles. The molecular weight excluding hydrogens is 250 g/mol. The van der Waals surface area contributed by atoms with E-state index in [-0.39, 0.29) is 0 Å². The summed E-state index contributed by atoms with van der Waals surface area (Å²) in [7, 11) is 4.35. The quantitative estimate of drug-likeness (QED) is 0.767. The molecule has 20 heavy (non-hydrogen) atoms. The summed E-state index contributed by atoms with van der Waals surface area (Å²) in [6.07, 6.45) is 6.04. The molecule has 2 rings (SSSR count). The monoisotopic (exact) mass is 283 g/mol. The van der Waals surface area contributed by atoms with Gasteiger partial charge in [0, 0.05) is 31.7 Å². The Labute approximate surface area is 124 Å². The van der Waals surface area contributed by atoms with E-state index < -0.39 is 0 Å². The van der Waals surface area contributed by atoms with Gasteiger partial charge in [-0.1, -0.05) is 13.8 Å². The number of hydrogen-bond acceptors (Lipinski definition) is 4. The zero-order chi connectivity index (χ0) is 14.5. The van der Waals surface area contributed by atoms with Gasteiger partial charge in [0.15, 0.2) is 0 Å². The van der Waals surface area contributed by atoms with Gasteiger partial charge >= 0.3 is 0 Å². The SMILES string of the molecule is CC(C)NCC1CCC(CN2CCCC2CN(C)C)O1. The maximum atomic E-state index is 6.21. The molecule has 0 amide bonds. The Balaban J connectivity index is 1.71. The lowest BCUT2D eigenvalue weighted by atomic mass is 10.1. The van der Waals surface area contributed by atoms with Crippen LogP contribution in [0.25, 0.3) is 0 Å². The first-order valence-electron chi connectivity index (χ1n) is 8.32. The lowest BCUT2D eigenvalue weighted by molar-refractivity contribution is 0.0184. The van der Waals surface area contributed by atoms with Gasteiger partial charge in [0.05, 0.1) is 12.2 Å². The van der Waals surface area contributed by atoms with Gasteiger partial charge in [0.25, 0.3) is 0 Å². The maximum Gasteiger partial charge on any atom is 0.0707 e.